The summed E-state index contributed by atoms with van der Waals surface area (Å²) in [4.78, 5) is 0. The fourth-order valence-corrected chi connectivity index (χ4v) is 2.31. The summed E-state index contributed by atoms with van der Waals surface area (Å²) < 4.78 is 19.1. The number of halogens is 4. The molecule has 2 N–H and O–H groups in total. The second-order valence-electron chi connectivity index (χ2n) is 3.83. The smallest absolute Gasteiger partial charge is 0.139 e. The molecule has 0 radical (unpaired) electrons. The minimum atomic E-state index is -0.383. The first-order valence-corrected chi connectivity index (χ1v) is 6.83. The number of ether oxygens (including phenoxy) is 1. The van der Waals surface area contributed by atoms with Gasteiger partial charge in [-0.15, -0.1) is 0 Å². The number of nitrogens with two attached hydrogens (primary N) is 1. The summed E-state index contributed by atoms with van der Waals surface area (Å²) in [6.07, 6.45) is 0. The first kappa shape index (κ1) is 14.4. The van der Waals surface area contributed by atoms with E-state index in [1.807, 2.05) is 0 Å². The number of hydrogen-bond acceptors (Lipinski definition) is 2. The molecule has 0 bridgehead atoms. The summed E-state index contributed by atoms with van der Waals surface area (Å²) in [5, 5.41) is 0.920. The van der Waals surface area contributed by atoms with Crippen molar-refractivity contribution in [2.24, 2.45) is 0 Å². The highest BCUT2D eigenvalue weighted by Gasteiger charge is 2.08. The molecule has 0 unspecified atom stereocenters. The first-order chi connectivity index (χ1) is 8.97. The van der Waals surface area contributed by atoms with E-state index < -0.39 is 0 Å². The van der Waals surface area contributed by atoms with Gasteiger partial charge < -0.3 is 10.5 Å². The Kier molecular flexibility index (Phi) is 4.55. The molecule has 19 heavy (non-hydrogen) atoms. The van der Waals surface area contributed by atoms with E-state index in [-0.39, 0.29) is 12.4 Å². The molecule has 2 nitrogen and oxygen atoms in total. The standard InChI is InChI=1S/C13H9BrCl2FNO/c14-9-4-11(16)13(5-10(9)15)19-6-7-1-2-8(17)3-12(7)18/h1-5H,6,18H2. The highest BCUT2D eigenvalue weighted by molar-refractivity contribution is 9.10. The summed E-state index contributed by atoms with van der Waals surface area (Å²) in [7, 11) is 0. The molecule has 100 valence electrons. The summed E-state index contributed by atoms with van der Waals surface area (Å²) in [5.74, 6) is 0.0598. The Bertz CT molecular complexity index is 622. The van der Waals surface area contributed by atoms with Gasteiger partial charge in [-0.2, -0.15) is 0 Å². The number of benzene rings is 2. The molecule has 0 heterocycles. The van der Waals surface area contributed by atoms with Gasteiger partial charge in [-0.25, -0.2) is 4.39 Å². The van der Waals surface area contributed by atoms with Crippen LogP contribution in [0.4, 0.5) is 10.1 Å². The summed E-state index contributed by atoms with van der Waals surface area (Å²) >= 11 is 15.2. The molecule has 2 aromatic carbocycles. The van der Waals surface area contributed by atoms with Crippen molar-refractivity contribution in [3.05, 3.63) is 56.2 Å². The van der Waals surface area contributed by atoms with Crippen molar-refractivity contribution in [2.45, 2.75) is 6.61 Å². The molecule has 0 amide bonds. The Labute approximate surface area is 128 Å². The zero-order valence-electron chi connectivity index (χ0n) is 9.59. The molecule has 0 aromatic heterocycles. The third kappa shape index (κ3) is 3.53. The maximum absolute atomic E-state index is 12.9. The van der Waals surface area contributed by atoms with Gasteiger partial charge in [0.05, 0.1) is 10.0 Å². The SMILES string of the molecule is Nc1cc(F)ccc1COc1cc(Cl)c(Br)cc1Cl. The second kappa shape index (κ2) is 5.99. The van der Waals surface area contributed by atoms with Crippen LogP contribution in [-0.2, 0) is 6.61 Å². The molecule has 0 saturated carbocycles. The van der Waals surface area contributed by atoms with E-state index in [0.29, 0.717) is 31.5 Å². The summed E-state index contributed by atoms with van der Waals surface area (Å²) in [6.45, 7) is 0.184. The lowest BCUT2D eigenvalue weighted by Crippen LogP contribution is -2.01. The van der Waals surface area contributed by atoms with Crippen LogP contribution in [0.2, 0.25) is 10.0 Å². The van der Waals surface area contributed by atoms with Gasteiger partial charge in [0.1, 0.15) is 18.2 Å². The van der Waals surface area contributed by atoms with Gasteiger partial charge in [-0.05, 0) is 34.1 Å². The number of rotatable bonds is 3. The Balaban J connectivity index is 2.16. The monoisotopic (exact) mass is 363 g/mol. The third-order valence-electron chi connectivity index (χ3n) is 2.47. The molecule has 0 spiro atoms. The van der Waals surface area contributed by atoms with Gasteiger partial charge in [0, 0.05) is 21.8 Å². The molecule has 6 heteroatoms. The van der Waals surface area contributed by atoms with E-state index in [2.05, 4.69) is 15.9 Å². The lowest BCUT2D eigenvalue weighted by molar-refractivity contribution is 0.307. The van der Waals surface area contributed by atoms with Crippen LogP contribution in [0.5, 0.6) is 5.75 Å². The van der Waals surface area contributed by atoms with Crippen LogP contribution in [0.25, 0.3) is 0 Å². The van der Waals surface area contributed by atoms with Crippen LogP contribution in [0.1, 0.15) is 5.56 Å². The number of hydrogen-bond donors (Lipinski definition) is 1. The lowest BCUT2D eigenvalue weighted by Gasteiger charge is -2.11. The molecule has 0 saturated heterocycles. The van der Waals surface area contributed by atoms with Gasteiger partial charge in [-0.3, -0.25) is 0 Å². The Morgan fingerprint density at radius 3 is 2.58 bits per heavy atom. The van der Waals surface area contributed by atoms with Crippen molar-refractivity contribution >= 4 is 44.8 Å². The van der Waals surface area contributed by atoms with Crippen molar-refractivity contribution < 1.29 is 9.13 Å². The van der Waals surface area contributed by atoms with Crippen LogP contribution in [0, 0.1) is 5.82 Å². The maximum Gasteiger partial charge on any atom is 0.139 e. The molecule has 2 rings (SSSR count). The van der Waals surface area contributed by atoms with Gasteiger partial charge in [-0.1, -0.05) is 29.3 Å². The first-order valence-electron chi connectivity index (χ1n) is 5.28. The zero-order valence-corrected chi connectivity index (χ0v) is 12.7. The molecule has 0 atom stereocenters. The Morgan fingerprint density at radius 2 is 1.89 bits per heavy atom. The Hall–Kier alpha value is -0.970. The van der Waals surface area contributed by atoms with Gasteiger partial charge in [0.15, 0.2) is 0 Å². The average Bonchev–Trinajstić information content (AvgIpc) is 2.34. The second-order valence-corrected chi connectivity index (χ2v) is 5.50. The van der Waals surface area contributed by atoms with E-state index in [4.69, 9.17) is 33.7 Å². The van der Waals surface area contributed by atoms with E-state index >= 15 is 0 Å². The average molecular weight is 365 g/mol. The summed E-state index contributed by atoms with van der Waals surface area (Å²) in [5.41, 5.74) is 6.70. The number of nitrogen functional groups attached to an aromatic ring is 1. The molecule has 0 aliphatic heterocycles. The van der Waals surface area contributed by atoms with Gasteiger partial charge in [0.2, 0.25) is 0 Å². The molecule has 0 fully saturated rings. The normalized spacial score (nSPS) is 10.5. The van der Waals surface area contributed by atoms with E-state index in [1.54, 1.807) is 18.2 Å². The predicted octanol–water partition coefficient (Wildman–Crippen LogP) is 5.06. The van der Waals surface area contributed by atoms with Crippen molar-refractivity contribution in [1.29, 1.82) is 0 Å². The van der Waals surface area contributed by atoms with Crippen LogP contribution in [0.15, 0.2) is 34.8 Å². The third-order valence-corrected chi connectivity index (χ3v) is 3.96. The van der Waals surface area contributed by atoms with Crippen molar-refractivity contribution in [2.75, 3.05) is 5.73 Å². The number of anilines is 1. The maximum atomic E-state index is 12.9. The molecule has 0 aliphatic rings. The van der Waals surface area contributed by atoms with Crippen molar-refractivity contribution in [3.63, 3.8) is 0 Å². The fraction of sp³-hybridized carbons (Fsp3) is 0.0769. The lowest BCUT2D eigenvalue weighted by atomic mass is 10.2. The van der Waals surface area contributed by atoms with Crippen molar-refractivity contribution in [1.82, 2.24) is 0 Å². The molecule has 0 aliphatic carbocycles. The molecular weight excluding hydrogens is 356 g/mol. The highest BCUT2D eigenvalue weighted by Crippen LogP contribution is 2.34. The van der Waals surface area contributed by atoms with Crippen molar-refractivity contribution in [3.8, 4) is 5.75 Å². The molecular formula is C13H9BrCl2FNO. The van der Waals surface area contributed by atoms with Crippen LogP contribution >= 0.6 is 39.1 Å². The highest BCUT2D eigenvalue weighted by atomic mass is 79.9. The topological polar surface area (TPSA) is 35.2 Å². The van der Waals surface area contributed by atoms with Crippen LogP contribution < -0.4 is 10.5 Å². The van der Waals surface area contributed by atoms with Crippen LogP contribution in [-0.4, -0.2) is 0 Å². The van der Waals surface area contributed by atoms with E-state index in [9.17, 15) is 4.39 Å². The zero-order chi connectivity index (χ0) is 14.0. The van der Waals surface area contributed by atoms with Gasteiger partial charge >= 0.3 is 0 Å². The fourth-order valence-electron chi connectivity index (χ4n) is 1.47. The van der Waals surface area contributed by atoms with E-state index in [1.165, 1.54) is 12.1 Å². The quantitative estimate of drug-likeness (QED) is 0.610. The molecule has 2 aromatic rings. The van der Waals surface area contributed by atoms with Crippen LogP contribution in [0.3, 0.4) is 0 Å². The summed E-state index contributed by atoms with van der Waals surface area (Å²) in [6, 6.07) is 7.39. The largest absolute Gasteiger partial charge is 0.487 e. The predicted molar refractivity (Wildman–Crippen MR) is 79.3 cm³/mol. The minimum Gasteiger partial charge on any atom is -0.487 e. The minimum absolute atomic E-state index is 0.184. The van der Waals surface area contributed by atoms with Gasteiger partial charge in [0.25, 0.3) is 0 Å². The Morgan fingerprint density at radius 1 is 1.16 bits per heavy atom. The van der Waals surface area contributed by atoms with E-state index in [0.717, 1.165) is 0 Å².